The van der Waals surface area contributed by atoms with Crippen LogP contribution in [0.4, 0.5) is 11.4 Å². The topological polar surface area (TPSA) is 63.5 Å². The minimum atomic E-state index is -0.520. The van der Waals surface area contributed by atoms with Gasteiger partial charge in [0.05, 0.1) is 4.92 Å². The number of thiol groups is 1. The second-order valence-electron chi connectivity index (χ2n) is 4.21. The molecule has 1 amide bonds. The van der Waals surface area contributed by atoms with E-state index < -0.39 is 4.92 Å². The van der Waals surface area contributed by atoms with E-state index in [1.54, 1.807) is 13.0 Å². The fourth-order valence-corrected chi connectivity index (χ4v) is 2.70. The molecule has 18 heavy (non-hydrogen) atoms. The number of halogens is 1. The molecule has 2 rings (SSSR count). The lowest BCUT2D eigenvalue weighted by Gasteiger charge is -2.18. The molecule has 0 bridgehead atoms. The molecule has 0 aliphatic carbocycles. The molecule has 1 aromatic rings. The van der Waals surface area contributed by atoms with E-state index in [1.807, 2.05) is 0 Å². The standard InChI is InChI=1S/C11H11ClN2O3S/c1-6-2-7(12)3-9(14(16)17)11(6)13-5-8(18)4-10(13)15/h2-3,8,18H,4-5H2,1H3. The quantitative estimate of drug-likeness (QED) is 0.516. The number of hydrogen-bond acceptors (Lipinski definition) is 4. The van der Waals surface area contributed by atoms with Gasteiger partial charge in [-0.25, -0.2) is 0 Å². The number of aryl methyl sites for hydroxylation is 1. The maximum Gasteiger partial charge on any atom is 0.294 e. The van der Waals surface area contributed by atoms with Crippen molar-refractivity contribution in [1.82, 2.24) is 0 Å². The van der Waals surface area contributed by atoms with E-state index in [4.69, 9.17) is 11.6 Å². The summed E-state index contributed by atoms with van der Waals surface area (Å²) in [5.74, 6) is -0.150. The Morgan fingerprint density at radius 1 is 1.56 bits per heavy atom. The lowest BCUT2D eigenvalue weighted by molar-refractivity contribution is -0.384. The van der Waals surface area contributed by atoms with Crippen LogP contribution in [-0.4, -0.2) is 22.6 Å². The molecule has 0 radical (unpaired) electrons. The molecule has 1 heterocycles. The van der Waals surface area contributed by atoms with Gasteiger partial charge in [0.2, 0.25) is 5.91 Å². The molecule has 1 atom stereocenters. The van der Waals surface area contributed by atoms with Crippen molar-refractivity contribution in [2.24, 2.45) is 0 Å². The van der Waals surface area contributed by atoms with Gasteiger partial charge in [-0.2, -0.15) is 12.6 Å². The molecule has 0 aromatic heterocycles. The van der Waals surface area contributed by atoms with Crippen LogP contribution in [0, 0.1) is 17.0 Å². The van der Waals surface area contributed by atoms with Gasteiger partial charge in [-0.15, -0.1) is 0 Å². The number of carbonyl (C=O) groups is 1. The van der Waals surface area contributed by atoms with E-state index >= 15 is 0 Å². The summed E-state index contributed by atoms with van der Waals surface area (Å²) in [6, 6.07) is 2.88. The third-order valence-electron chi connectivity index (χ3n) is 2.82. The van der Waals surface area contributed by atoms with Gasteiger partial charge in [-0.1, -0.05) is 11.6 Å². The van der Waals surface area contributed by atoms with E-state index in [2.05, 4.69) is 12.6 Å². The number of nitrogens with zero attached hydrogens (tertiary/aromatic N) is 2. The molecule has 1 fully saturated rings. The van der Waals surface area contributed by atoms with Crippen LogP contribution in [0.5, 0.6) is 0 Å². The molecule has 1 aliphatic heterocycles. The number of hydrogen-bond donors (Lipinski definition) is 1. The molecule has 1 aromatic carbocycles. The van der Waals surface area contributed by atoms with Crippen LogP contribution in [0.3, 0.4) is 0 Å². The maximum atomic E-state index is 11.8. The Hall–Kier alpha value is -1.27. The maximum absolute atomic E-state index is 11.8. The van der Waals surface area contributed by atoms with Gasteiger partial charge >= 0.3 is 0 Å². The van der Waals surface area contributed by atoms with Crippen molar-refractivity contribution in [3.63, 3.8) is 0 Å². The second kappa shape index (κ2) is 4.78. The number of amides is 1. The third-order valence-corrected chi connectivity index (χ3v) is 3.38. The van der Waals surface area contributed by atoms with Crippen LogP contribution in [0.15, 0.2) is 12.1 Å². The molecule has 96 valence electrons. The van der Waals surface area contributed by atoms with Gasteiger partial charge in [0, 0.05) is 29.3 Å². The number of nitro groups is 1. The summed E-state index contributed by atoms with van der Waals surface area (Å²) >= 11 is 10.1. The van der Waals surface area contributed by atoms with Crippen molar-refractivity contribution in [3.05, 3.63) is 32.8 Å². The van der Waals surface area contributed by atoms with E-state index in [1.165, 1.54) is 11.0 Å². The molecule has 0 spiro atoms. The van der Waals surface area contributed by atoms with Crippen LogP contribution < -0.4 is 4.90 Å². The fraction of sp³-hybridized carbons (Fsp3) is 0.364. The van der Waals surface area contributed by atoms with E-state index in [0.29, 0.717) is 24.2 Å². The fourth-order valence-electron chi connectivity index (χ4n) is 2.11. The highest BCUT2D eigenvalue weighted by molar-refractivity contribution is 7.81. The van der Waals surface area contributed by atoms with Gasteiger partial charge in [0.15, 0.2) is 0 Å². The Bertz CT molecular complexity index is 535. The number of carbonyl (C=O) groups excluding carboxylic acids is 1. The monoisotopic (exact) mass is 286 g/mol. The highest BCUT2D eigenvalue weighted by Crippen LogP contribution is 2.37. The highest BCUT2D eigenvalue weighted by atomic mass is 35.5. The lowest BCUT2D eigenvalue weighted by atomic mass is 10.1. The van der Waals surface area contributed by atoms with E-state index in [0.717, 1.165) is 0 Å². The summed E-state index contributed by atoms with van der Waals surface area (Å²) in [5, 5.41) is 11.3. The van der Waals surface area contributed by atoms with Crippen LogP contribution in [-0.2, 0) is 4.79 Å². The SMILES string of the molecule is Cc1cc(Cl)cc([N+](=O)[O-])c1N1CC(S)CC1=O. The van der Waals surface area contributed by atoms with Crippen molar-refractivity contribution in [1.29, 1.82) is 0 Å². The molecule has 5 nitrogen and oxygen atoms in total. The zero-order chi connectivity index (χ0) is 13.4. The summed E-state index contributed by atoms with van der Waals surface area (Å²) in [7, 11) is 0. The lowest BCUT2D eigenvalue weighted by Crippen LogP contribution is -2.26. The summed E-state index contributed by atoms with van der Waals surface area (Å²) in [5.41, 5.74) is 0.798. The minimum Gasteiger partial charge on any atom is -0.305 e. The first kappa shape index (κ1) is 13.2. The molecule has 1 saturated heterocycles. The predicted octanol–water partition coefficient (Wildman–Crippen LogP) is 2.59. The van der Waals surface area contributed by atoms with Crippen molar-refractivity contribution in [2.75, 3.05) is 11.4 Å². The molecule has 1 aliphatic rings. The number of benzene rings is 1. The molecule has 1 unspecified atom stereocenters. The smallest absolute Gasteiger partial charge is 0.294 e. The Labute approximate surface area is 114 Å². The van der Waals surface area contributed by atoms with Gasteiger partial charge in [-0.05, 0) is 18.6 Å². The third kappa shape index (κ3) is 2.30. The zero-order valence-electron chi connectivity index (χ0n) is 9.59. The first-order chi connectivity index (χ1) is 8.40. The Morgan fingerprint density at radius 2 is 2.22 bits per heavy atom. The molecular formula is C11H11ClN2O3S. The summed E-state index contributed by atoms with van der Waals surface area (Å²) in [6.45, 7) is 2.08. The van der Waals surface area contributed by atoms with E-state index in [-0.39, 0.29) is 21.9 Å². The predicted molar refractivity (Wildman–Crippen MR) is 72.6 cm³/mol. The van der Waals surface area contributed by atoms with Gasteiger partial charge in [0.1, 0.15) is 5.69 Å². The summed E-state index contributed by atoms with van der Waals surface area (Å²) < 4.78 is 0. The highest BCUT2D eigenvalue weighted by Gasteiger charge is 2.33. The van der Waals surface area contributed by atoms with Crippen molar-refractivity contribution in [2.45, 2.75) is 18.6 Å². The van der Waals surface area contributed by atoms with E-state index in [9.17, 15) is 14.9 Å². The first-order valence-electron chi connectivity index (χ1n) is 5.33. The van der Waals surface area contributed by atoms with Crippen LogP contribution in [0.2, 0.25) is 5.02 Å². The van der Waals surface area contributed by atoms with Crippen LogP contribution >= 0.6 is 24.2 Å². The van der Waals surface area contributed by atoms with Crippen LogP contribution in [0.1, 0.15) is 12.0 Å². The first-order valence-corrected chi connectivity index (χ1v) is 6.22. The van der Waals surface area contributed by atoms with Crippen LogP contribution in [0.25, 0.3) is 0 Å². The Kier molecular flexibility index (Phi) is 3.49. The Morgan fingerprint density at radius 3 is 2.72 bits per heavy atom. The van der Waals surface area contributed by atoms with Crippen molar-refractivity contribution >= 4 is 41.5 Å². The summed E-state index contributed by atoms with van der Waals surface area (Å²) in [6.07, 6.45) is 0.294. The van der Waals surface area contributed by atoms with Crippen molar-refractivity contribution in [3.8, 4) is 0 Å². The second-order valence-corrected chi connectivity index (χ2v) is 5.38. The van der Waals surface area contributed by atoms with Gasteiger partial charge < -0.3 is 4.90 Å². The molecule has 0 saturated carbocycles. The normalized spacial score (nSPS) is 19.4. The molecular weight excluding hydrogens is 276 g/mol. The number of nitro benzene ring substituents is 1. The Balaban J connectivity index is 2.56. The average Bonchev–Trinajstić information content (AvgIpc) is 2.56. The van der Waals surface area contributed by atoms with Gasteiger partial charge in [0.25, 0.3) is 5.69 Å². The van der Waals surface area contributed by atoms with Crippen molar-refractivity contribution < 1.29 is 9.72 Å². The summed E-state index contributed by atoms with van der Waals surface area (Å²) in [4.78, 5) is 23.8. The number of rotatable bonds is 2. The zero-order valence-corrected chi connectivity index (χ0v) is 11.2. The average molecular weight is 287 g/mol. The largest absolute Gasteiger partial charge is 0.305 e. The minimum absolute atomic E-state index is 0.0906. The van der Waals surface area contributed by atoms with Gasteiger partial charge in [-0.3, -0.25) is 14.9 Å². The molecule has 0 N–H and O–H groups in total. The number of anilines is 1. The molecule has 7 heteroatoms.